The number of carbonyl (C=O) groups is 3. The molecule has 0 bridgehead atoms. The summed E-state index contributed by atoms with van der Waals surface area (Å²) in [6.45, 7) is 2.60. The van der Waals surface area contributed by atoms with Crippen molar-refractivity contribution in [1.82, 2.24) is 10.2 Å². The van der Waals surface area contributed by atoms with Crippen LogP contribution in [0.2, 0.25) is 0 Å². The molecule has 0 radical (unpaired) electrons. The second-order valence-corrected chi connectivity index (χ2v) is 5.04. The lowest BCUT2D eigenvalue weighted by molar-refractivity contribution is -0.143. The van der Waals surface area contributed by atoms with E-state index in [0.717, 1.165) is 38.5 Å². The van der Waals surface area contributed by atoms with Crippen LogP contribution in [0.15, 0.2) is 0 Å². The highest BCUT2D eigenvalue weighted by molar-refractivity contribution is 5.94. The molecule has 1 fully saturated rings. The molecule has 3 amide bonds. The Bertz CT molecular complexity index is 329. The molecule has 108 valence electrons. The molecule has 0 saturated carbocycles. The predicted molar refractivity (Wildman–Crippen MR) is 72.3 cm³/mol. The third-order valence-corrected chi connectivity index (χ3v) is 3.36. The molecule has 5 nitrogen and oxygen atoms in total. The maximum absolute atomic E-state index is 11.9. The van der Waals surface area contributed by atoms with Crippen molar-refractivity contribution in [3.05, 3.63) is 0 Å². The quantitative estimate of drug-likeness (QED) is 0.726. The summed E-state index contributed by atoms with van der Waals surface area (Å²) < 4.78 is 0. The van der Waals surface area contributed by atoms with Gasteiger partial charge in [0.1, 0.15) is 0 Å². The third kappa shape index (κ3) is 6.36. The van der Waals surface area contributed by atoms with Crippen LogP contribution in [-0.4, -0.2) is 35.7 Å². The molecule has 1 aliphatic rings. The Kier molecular flexibility index (Phi) is 7.15. The number of hydrogen-bond donors (Lipinski definition) is 1. The fraction of sp³-hybridized carbons (Fsp3) is 0.786. The maximum atomic E-state index is 11.9. The van der Waals surface area contributed by atoms with E-state index >= 15 is 0 Å². The maximum Gasteiger partial charge on any atom is 0.229 e. The number of carbonyl (C=O) groups excluding carboxylic acids is 3. The first-order chi connectivity index (χ1) is 9.11. The van der Waals surface area contributed by atoms with E-state index in [9.17, 15) is 14.4 Å². The van der Waals surface area contributed by atoms with Crippen molar-refractivity contribution in [2.24, 2.45) is 0 Å². The number of rotatable bonds is 0. The van der Waals surface area contributed by atoms with E-state index in [2.05, 4.69) is 5.32 Å². The van der Waals surface area contributed by atoms with Crippen molar-refractivity contribution >= 4 is 17.7 Å². The van der Waals surface area contributed by atoms with Gasteiger partial charge in [0.15, 0.2) is 0 Å². The third-order valence-electron chi connectivity index (χ3n) is 3.36. The topological polar surface area (TPSA) is 66.5 Å². The zero-order chi connectivity index (χ0) is 14.1. The van der Waals surface area contributed by atoms with Crippen molar-refractivity contribution < 1.29 is 14.4 Å². The van der Waals surface area contributed by atoms with Crippen molar-refractivity contribution in [2.75, 3.05) is 13.1 Å². The van der Waals surface area contributed by atoms with Gasteiger partial charge in [-0.15, -0.1) is 0 Å². The lowest BCUT2D eigenvalue weighted by Crippen LogP contribution is -2.36. The molecule has 1 rings (SSSR count). The minimum Gasteiger partial charge on any atom is -0.356 e. The summed E-state index contributed by atoms with van der Waals surface area (Å²) >= 11 is 0. The van der Waals surface area contributed by atoms with Crippen LogP contribution in [0, 0.1) is 0 Å². The van der Waals surface area contributed by atoms with Gasteiger partial charge in [0.05, 0.1) is 0 Å². The monoisotopic (exact) mass is 268 g/mol. The van der Waals surface area contributed by atoms with Crippen LogP contribution in [0.3, 0.4) is 0 Å². The molecule has 1 heterocycles. The van der Waals surface area contributed by atoms with Gasteiger partial charge < -0.3 is 5.32 Å². The Labute approximate surface area is 114 Å². The zero-order valence-corrected chi connectivity index (χ0v) is 11.7. The first-order valence-corrected chi connectivity index (χ1v) is 7.19. The summed E-state index contributed by atoms with van der Waals surface area (Å²) in [4.78, 5) is 36.2. The normalized spacial score (nSPS) is 20.6. The summed E-state index contributed by atoms with van der Waals surface area (Å²) in [5.41, 5.74) is 0. The number of amides is 3. The first kappa shape index (κ1) is 15.7. The first-order valence-electron chi connectivity index (χ1n) is 7.19. The van der Waals surface area contributed by atoms with E-state index < -0.39 is 0 Å². The molecule has 0 aliphatic carbocycles. The van der Waals surface area contributed by atoms with E-state index in [1.54, 1.807) is 0 Å². The number of nitrogens with one attached hydrogen (secondary N) is 1. The molecular weight excluding hydrogens is 244 g/mol. The Morgan fingerprint density at radius 1 is 1.00 bits per heavy atom. The predicted octanol–water partition coefficient (Wildman–Crippen LogP) is 1.61. The van der Waals surface area contributed by atoms with E-state index in [1.807, 2.05) is 0 Å². The molecule has 0 aromatic rings. The summed E-state index contributed by atoms with van der Waals surface area (Å²) in [6.07, 6.45) is 5.98. The average Bonchev–Trinajstić information content (AvgIpc) is 2.36. The van der Waals surface area contributed by atoms with Crippen LogP contribution < -0.4 is 5.32 Å². The lowest BCUT2D eigenvalue weighted by Gasteiger charge is -2.19. The summed E-state index contributed by atoms with van der Waals surface area (Å²) in [7, 11) is 0. The fourth-order valence-electron chi connectivity index (χ4n) is 2.22. The second kappa shape index (κ2) is 8.67. The molecule has 0 aromatic heterocycles. The molecule has 1 saturated heterocycles. The molecule has 19 heavy (non-hydrogen) atoms. The number of hydrogen-bond acceptors (Lipinski definition) is 3. The van der Waals surface area contributed by atoms with Crippen LogP contribution in [-0.2, 0) is 14.4 Å². The molecule has 5 heteroatoms. The summed E-state index contributed by atoms with van der Waals surface area (Å²) in [5.74, 6) is -0.125. The van der Waals surface area contributed by atoms with Crippen LogP contribution in [0.25, 0.3) is 0 Å². The standard InChI is InChI=1S/C14H24N2O3/c1-12(17)16-11-7-3-4-8-13(18)15-10-6-2-5-9-14(16)19/h2-11H2,1H3,(H,15,18). The SMILES string of the molecule is CC(=O)N1CCCCCC(=O)NCCCCCC1=O. The minimum absolute atomic E-state index is 0.0615. The number of nitrogens with zero attached hydrogens (tertiary/aromatic N) is 1. The summed E-state index contributed by atoms with van der Waals surface area (Å²) in [5, 5.41) is 2.89. The molecule has 0 atom stereocenters. The molecular formula is C14H24N2O3. The Morgan fingerprint density at radius 3 is 2.42 bits per heavy atom. The largest absolute Gasteiger partial charge is 0.356 e. The van der Waals surface area contributed by atoms with Gasteiger partial charge in [0.25, 0.3) is 0 Å². The van der Waals surface area contributed by atoms with Crippen molar-refractivity contribution in [3.8, 4) is 0 Å². The van der Waals surface area contributed by atoms with Crippen molar-refractivity contribution in [1.29, 1.82) is 0 Å². The molecule has 1 aliphatic heterocycles. The Morgan fingerprint density at radius 2 is 1.68 bits per heavy atom. The van der Waals surface area contributed by atoms with E-state index in [1.165, 1.54) is 11.8 Å². The van der Waals surface area contributed by atoms with Crippen LogP contribution in [0.1, 0.15) is 58.3 Å². The molecule has 0 spiro atoms. The van der Waals surface area contributed by atoms with Crippen molar-refractivity contribution in [2.45, 2.75) is 58.3 Å². The summed E-state index contributed by atoms with van der Waals surface area (Å²) in [6, 6.07) is 0. The smallest absolute Gasteiger partial charge is 0.229 e. The van der Waals surface area contributed by atoms with Crippen LogP contribution in [0.4, 0.5) is 0 Å². The van der Waals surface area contributed by atoms with Gasteiger partial charge in [-0.05, 0) is 25.7 Å². The Hall–Kier alpha value is -1.39. The van der Waals surface area contributed by atoms with Gasteiger partial charge in [-0.3, -0.25) is 19.3 Å². The van der Waals surface area contributed by atoms with Gasteiger partial charge in [0.2, 0.25) is 17.7 Å². The minimum atomic E-state index is -0.171. The zero-order valence-electron chi connectivity index (χ0n) is 11.7. The highest BCUT2D eigenvalue weighted by Crippen LogP contribution is 2.08. The van der Waals surface area contributed by atoms with Crippen LogP contribution >= 0.6 is 0 Å². The van der Waals surface area contributed by atoms with Gasteiger partial charge in [-0.1, -0.05) is 12.8 Å². The molecule has 0 unspecified atom stereocenters. The lowest BCUT2D eigenvalue weighted by atomic mass is 10.1. The van der Waals surface area contributed by atoms with Gasteiger partial charge in [-0.2, -0.15) is 0 Å². The fourth-order valence-corrected chi connectivity index (χ4v) is 2.22. The highest BCUT2D eigenvalue weighted by Gasteiger charge is 2.17. The van der Waals surface area contributed by atoms with E-state index in [4.69, 9.17) is 0 Å². The highest BCUT2D eigenvalue weighted by atomic mass is 16.2. The van der Waals surface area contributed by atoms with Gasteiger partial charge in [-0.25, -0.2) is 0 Å². The molecule has 0 aromatic carbocycles. The van der Waals surface area contributed by atoms with E-state index in [0.29, 0.717) is 25.9 Å². The van der Waals surface area contributed by atoms with Crippen LogP contribution in [0.5, 0.6) is 0 Å². The average molecular weight is 268 g/mol. The van der Waals surface area contributed by atoms with E-state index in [-0.39, 0.29) is 17.7 Å². The van der Waals surface area contributed by atoms with Crippen molar-refractivity contribution in [3.63, 3.8) is 0 Å². The molecule has 1 N–H and O–H groups in total. The van der Waals surface area contributed by atoms with Gasteiger partial charge >= 0.3 is 0 Å². The van der Waals surface area contributed by atoms with Gasteiger partial charge in [0, 0.05) is 32.9 Å². The Balaban J connectivity index is 2.49. The number of imide groups is 1. The second-order valence-electron chi connectivity index (χ2n) is 5.04.